The minimum Gasteiger partial charge on any atom is -0.365 e. The first-order valence-corrected chi connectivity index (χ1v) is 6.55. The summed E-state index contributed by atoms with van der Waals surface area (Å²) in [6.07, 6.45) is 2.56. The Morgan fingerprint density at radius 2 is 2.39 bits per heavy atom. The number of halogens is 1. The summed E-state index contributed by atoms with van der Waals surface area (Å²) in [5.74, 6) is -0.0952. The van der Waals surface area contributed by atoms with Gasteiger partial charge in [-0.15, -0.1) is 0 Å². The molecule has 2 N–H and O–H groups in total. The third-order valence-corrected chi connectivity index (χ3v) is 3.41. The number of hydrogen-bond acceptors (Lipinski definition) is 4. The first-order valence-electron chi connectivity index (χ1n) is 6.17. The Labute approximate surface area is 111 Å². The molecule has 1 aromatic heterocycles. The molecule has 0 aromatic carbocycles. The van der Waals surface area contributed by atoms with E-state index in [2.05, 4.69) is 5.10 Å². The van der Waals surface area contributed by atoms with Gasteiger partial charge in [-0.3, -0.25) is 9.48 Å². The number of nitrogens with two attached hydrogens (primary N) is 1. The Morgan fingerprint density at radius 1 is 1.67 bits per heavy atom. The van der Waals surface area contributed by atoms with Crippen LogP contribution in [0, 0.1) is 0 Å². The van der Waals surface area contributed by atoms with Crippen molar-refractivity contribution in [3.05, 3.63) is 16.9 Å². The van der Waals surface area contributed by atoms with Gasteiger partial charge in [0.15, 0.2) is 0 Å². The normalized spacial score (nSPS) is 23.8. The summed E-state index contributed by atoms with van der Waals surface area (Å²) >= 11 is 6.05. The molecule has 2 unspecified atom stereocenters. The van der Waals surface area contributed by atoms with Crippen LogP contribution in [0.4, 0.5) is 0 Å². The lowest BCUT2D eigenvalue weighted by Gasteiger charge is -2.14. The van der Waals surface area contributed by atoms with Crippen molar-refractivity contribution in [1.29, 1.82) is 0 Å². The van der Waals surface area contributed by atoms with Crippen LogP contribution in [0.1, 0.15) is 43.2 Å². The monoisotopic (exact) mass is 271 g/mol. The highest BCUT2D eigenvalue weighted by atomic mass is 35.5. The molecule has 1 aliphatic heterocycles. The number of aromatic nitrogens is 2. The van der Waals surface area contributed by atoms with Crippen LogP contribution in [0.15, 0.2) is 6.20 Å². The van der Waals surface area contributed by atoms with Gasteiger partial charge >= 0.3 is 0 Å². The molecule has 1 saturated heterocycles. The first kappa shape index (κ1) is 13.5. The molecule has 0 radical (unpaired) electrons. The van der Waals surface area contributed by atoms with E-state index in [4.69, 9.17) is 22.1 Å². The fourth-order valence-electron chi connectivity index (χ4n) is 2.19. The average Bonchev–Trinajstić information content (AvgIpc) is 2.94. The Kier molecular flexibility index (Phi) is 4.04. The summed E-state index contributed by atoms with van der Waals surface area (Å²) in [6.45, 7) is 4.36. The van der Waals surface area contributed by atoms with Gasteiger partial charge in [-0.1, -0.05) is 11.6 Å². The Bertz CT molecular complexity index is 445. The van der Waals surface area contributed by atoms with Crippen molar-refractivity contribution < 1.29 is 9.53 Å². The predicted molar refractivity (Wildman–Crippen MR) is 68.9 cm³/mol. The molecule has 2 heterocycles. The molecule has 0 spiro atoms. The second-order valence-electron chi connectivity index (χ2n) is 4.80. The Hall–Kier alpha value is -0.910. The number of hydrogen-bond donors (Lipinski definition) is 1. The summed E-state index contributed by atoms with van der Waals surface area (Å²) in [4.78, 5) is 12.4. The maximum absolute atomic E-state index is 12.4. The fourth-order valence-corrected chi connectivity index (χ4v) is 2.41. The second-order valence-corrected chi connectivity index (χ2v) is 5.21. The highest BCUT2D eigenvalue weighted by Gasteiger charge is 2.33. The smallest absolute Gasteiger partial charge is 0.211 e. The molecule has 1 aliphatic rings. The molecule has 1 fully saturated rings. The second kappa shape index (κ2) is 5.38. The molecular formula is C12H18ClN3O2. The van der Waals surface area contributed by atoms with Gasteiger partial charge in [0.25, 0.3) is 0 Å². The van der Waals surface area contributed by atoms with E-state index in [1.807, 2.05) is 13.8 Å². The summed E-state index contributed by atoms with van der Waals surface area (Å²) < 4.78 is 7.25. The number of ether oxygens (including phenoxy) is 1. The zero-order chi connectivity index (χ0) is 13.3. The lowest BCUT2D eigenvalue weighted by atomic mass is 10.1. The molecule has 100 valence electrons. The van der Waals surface area contributed by atoms with E-state index in [1.54, 1.807) is 4.68 Å². The maximum atomic E-state index is 12.4. The Balaban J connectivity index is 2.21. The minimum atomic E-state index is -0.440. The molecule has 1 aromatic rings. The fraction of sp³-hybridized carbons (Fsp3) is 0.667. The summed E-state index contributed by atoms with van der Waals surface area (Å²) in [6, 6.07) is 0.0863. The summed E-state index contributed by atoms with van der Waals surface area (Å²) in [5, 5.41) is 4.51. The van der Waals surface area contributed by atoms with Crippen LogP contribution in [0.5, 0.6) is 0 Å². The highest BCUT2D eigenvalue weighted by molar-refractivity contribution is 6.33. The number of carbonyl (C=O) groups excluding carboxylic acids is 1. The van der Waals surface area contributed by atoms with E-state index >= 15 is 0 Å². The van der Waals surface area contributed by atoms with Gasteiger partial charge < -0.3 is 10.5 Å². The minimum absolute atomic E-state index is 0.0202. The molecule has 0 saturated carbocycles. The van der Waals surface area contributed by atoms with Crippen LogP contribution in [-0.2, 0) is 4.74 Å². The molecule has 0 bridgehead atoms. The van der Waals surface area contributed by atoms with E-state index in [0.29, 0.717) is 23.7 Å². The zero-order valence-electron chi connectivity index (χ0n) is 10.6. The highest BCUT2D eigenvalue weighted by Crippen LogP contribution is 2.26. The van der Waals surface area contributed by atoms with E-state index in [-0.39, 0.29) is 17.9 Å². The van der Waals surface area contributed by atoms with Gasteiger partial charge in [-0.05, 0) is 26.7 Å². The van der Waals surface area contributed by atoms with E-state index in [9.17, 15) is 4.79 Å². The van der Waals surface area contributed by atoms with Gasteiger partial charge in [0.2, 0.25) is 5.78 Å². The van der Waals surface area contributed by atoms with Crippen molar-refractivity contribution in [3.8, 4) is 0 Å². The summed E-state index contributed by atoms with van der Waals surface area (Å²) in [5.41, 5.74) is 5.98. The molecule has 5 nitrogen and oxygen atoms in total. The third-order valence-electron chi connectivity index (χ3n) is 3.14. The molecule has 2 rings (SSSR count). The standard InChI is InChI=1S/C12H18ClN3O2/c1-7(2)16-11(9(13)6-15-16)12(17)10-4-3-8(5-14)18-10/h6-8,10H,3-5,14H2,1-2H3. The average molecular weight is 272 g/mol. The molecular weight excluding hydrogens is 254 g/mol. The van der Waals surface area contributed by atoms with Crippen LogP contribution < -0.4 is 5.73 Å². The van der Waals surface area contributed by atoms with Gasteiger partial charge in [0, 0.05) is 12.6 Å². The van der Waals surface area contributed by atoms with E-state index in [1.165, 1.54) is 6.20 Å². The van der Waals surface area contributed by atoms with Crippen molar-refractivity contribution in [2.75, 3.05) is 6.54 Å². The van der Waals surface area contributed by atoms with Gasteiger partial charge in [-0.2, -0.15) is 5.10 Å². The van der Waals surface area contributed by atoms with Crippen LogP contribution in [-0.4, -0.2) is 34.3 Å². The van der Waals surface area contributed by atoms with Crippen LogP contribution in [0.25, 0.3) is 0 Å². The number of nitrogens with zero attached hydrogens (tertiary/aromatic N) is 2. The van der Waals surface area contributed by atoms with Crippen molar-refractivity contribution >= 4 is 17.4 Å². The number of Topliss-reactive ketones (excluding diaryl/α,β-unsaturated/α-hetero) is 1. The molecule has 0 amide bonds. The third kappa shape index (κ3) is 2.43. The van der Waals surface area contributed by atoms with Gasteiger partial charge in [0.05, 0.1) is 17.3 Å². The van der Waals surface area contributed by atoms with Crippen molar-refractivity contribution in [2.24, 2.45) is 5.73 Å². The SMILES string of the molecule is CC(C)n1ncc(Cl)c1C(=O)C1CCC(CN)O1. The van der Waals surface area contributed by atoms with Crippen LogP contribution in [0.2, 0.25) is 5.02 Å². The zero-order valence-corrected chi connectivity index (χ0v) is 11.4. The maximum Gasteiger partial charge on any atom is 0.211 e. The largest absolute Gasteiger partial charge is 0.365 e. The molecule has 18 heavy (non-hydrogen) atoms. The lowest BCUT2D eigenvalue weighted by Crippen LogP contribution is -2.27. The van der Waals surface area contributed by atoms with Gasteiger partial charge in [-0.25, -0.2) is 0 Å². The van der Waals surface area contributed by atoms with Crippen LogP contribution >= 0.6 is 11.6 Å². The van der Waals surface area contributed by atoms with E-state index < -0.39 is 6.10 Å². The molecule has 0 aliphatic carbocycles. The topological polar surface area (TPSA) is 70.1 Å². The van der Waals surface area contributed by atoms with Crippen molar-refractivity contribution in [2.45, 2.75) is 44.9 Å². The molecule has 2 atom stereocenters. The van der Waals surface area contributed by atoms with Crippen LogP contribution in [0.3, 0.4) is 0 Å². The predicted octanol–water partition coefficient (Wildman–Crippen LogP) is 1.81. The summed E-state index contributed by atoms with van der Waals surface area (Å²) in [7, 11) is 0. The number of carbonyl (C=O) groups is 1. The lowest BCUT2D eigenvalue weighted by molar-refractivity contribution is 0.0395. The quantitative estimate of drug-likeness (QED) is 0.848. The first-order chi connectivity index (χ1) is 8.54. The van der Waals surface area contributed by atoms with E-state index in [0.717, 1.165) is 6.42 Å². The van der Waals surface area contributed by atoms with Crippen molar-refractivity contribution in [3.63, 3.8) is 0 Å². The van der Waals surface area contributed by atoms with Gasteiger partial charge in [0.1, 0.15) is 11.8 Å². The van der Waals surface area contributed by atoms with Crippen molar-refractivity contribution in [1.82, 2.24) is 9.78 Å². The molecule has 6 heteroatoms. The number of rotatable bonds is 4. The number of ketones is 1. The Morgan fingerprint density at radius 3 is 2.94 bits per heavy atom.